The van der Waals surface area contributed by atoms with Crippen molar-refractivity contribution in [1.82, 2.24) is 20.5 Å². The van der Waals surface area contributed by atoms with Crippen LogP contribution in [0.5, 0.6) is 0 Å². The molecule has 1 heterocycles. The molecule has 0 fully saturated rings. The number of nitrogens with one attached hydrogen (secondary N) is 2. The Morgan fingerprint density at radius 3 is 3.00 bits per heavy atom. The van der Waals surface area contributed by atoms with Gasteiger partial charge in [-0.15, -0.1) is 0 Å². The number of H-pyrrole nitrogens is 1. The van der Waals surface area contributed by atoms with E-state index in [1.807, 2.05) is 24.3 Å². The molecule has 0 saturated heterocycles. The van der Waals surface area contributed by atoms with Crippen LogP contribution < -0.4 is 5.32 Å². The van der Waals surface area contributed by atoms with Gasteiger partial charge in [-0.05, 0) is 17.7 Å². The summed E-state index contributed by atoms with van der Waals surface area (Å²) in [5.74, 6) is 0.444. The largest absolute Gasteiger partial charge is 0.345 e. The molecule has 6 heteroatoms. The van der Waals surface area contributed by atoms with E-state index >= 15 is 0 Å². The van der Waals surface area contributed by atoms with E-state index in [0.717, 1.165) is 10.0 Å². The Morgan fingerprint density at radius 1 is 1.44 bits per heavy atom. The molecule has 0 aliphatic carbocycles. The van der Waals surface area contributed by atoms with Gasteiger partial charge >= 0.3 is 0 Å². The molecule has 0 unspecified atom stereocenters. The van der Waals surface area contributed by atoms with Gasteiger partial charge in [0, 0.05) is 10.5 Å². The summed E-state index contributed by atoms with van der Waals surface area (Å²) >= 11 is 3.41. The van der Waals surface area contributed by atoms with Gasteiger partial charge in [0.15, 0.2) is 0 Å². The molecule has 1 aromatic heterocycles. The third kappa shape index (κ3) is 3.53. The average Bonchev–Trinajstić information content (AvgIpc) is 2.88. The van der Waals surface area contributed by atoms with E-state index in [2.05, 4.69) is 36.4 Å². The molecule has 0 aliphatic heterocycles. The van der Waals surface area contributed by atoms with Crippen LogP contribution in [-0.2, 0) is 11.3 Å². The van der Waals surface area contributed by atoms with Crippen molar-refractivity contribution in [3.05, 3.63) is 52.5 Å². The van der Waals surface area contributed by atoms with Gasteiger partial charge in [0.2, 0.25) is 5.91 Å². The van der Waals surface area contributed by atoms with E-state index in [1.165, 1.54) is 12.4 Å². The van der Waals surface area contributed by atoms with E-state index in [-0.39, 0.29) is 5.91 Å². The second-order valence-electron chi connectivity index (χ2n) is 3.50. The number of halogens is 1. The lowest BCUT2D eigenvalue weighted by Crippen LogP contribution is -2.20. The molecule has 0 aliphatic rings. The van der Waals surface area contributed by atoms with E-state index in [0.29, 0.717) is 12.4 Å². The van der Waals surface area contributed by atoms with Gasteiger partial charge in [-0.25, -0.2) is 4.98 Å². The maximum atomic E-state index is 11.5. The smallest absolute Gasteiger partial charge is 0.244 e. The summed E-state index contributed by atoms with van der Waals surface area (Å²) in [6.45, 7) is 0.332. The highest BCUT2D eigenvalue weighted by Crippen LogP contribution is 2.16. The zero-order valence-corrected chi connectivity index (χ0v) is 11.0. The number of carbonyl (C=O) groups is 1. The third-order valence-electron chi connectivity index (χ3n) is 2.21. The number of benzene rings is 1. The molecule has 2 aromatic rings. The summed E-state index contributed by atoms with van der Waals surface area (Å²) in [5, 5.41) is 9.06. The molecule has 18 heavy (non-hydrogen) atoms. The number of hydrogen-bond acceptors (Lipinski definition) is 3. The monoisotopic (exact) mass is 306 g/mol. The second-order valence-corrected chi connectivity index (χ2v) is 4.36. The Hall–Kier alpha value is -1.95. The highest BCUT2D eigenvalue weighted by molar-refractivity contribution is 9.10. The molecular formula is C12H11BrN4O. The molecule has 0 bridgehead atoms. The maximum Gasteiger partial charge on any atom is 0.244 e. The van der Waals surface area contributed by atoms with E-state index in [1.54, 1.807) is 6.08 Å². The molecule has 0 radical (unpaired) electrons. The van der Waals surface area contributed by atoms with E-state index in [4.69, 9.17) is 0 Å². The maximum absolute atomic E-state index is 11.5. The number of rotatable bonds is 4. The molecule has 0 saturated carbocycles. The number of aromatic nitrogens is 3. The van der Waals surface area contributed by atoms with Gasteiger partial charge in [0.1, 0.15) is 12.2 Å². The molecule has 1 amide bonds. The molecule has 2 N–H and O–H groups in total. The second kappa shape index (κ2) is 6.11. The minimum Gasteiger partial charge on any atom is -0.345 e. The summed E-state index contributed by atoms with van der Waals surface area (Å²) < 4.78 is 0.948. The minimum absolute atomic E-state index is 0.179. The normalized spacial score (nSPS) is 10.7. The van der Waals surface area contributed by atoms with Crippen LogP contribution in [0, 0.1) is 0 Å². The Bertz CT molecular complexity index is 551. The molecule has 0 spiro atoms. The van der Waals surface area contributed by atoms with Crippen molar-refractivity contribution in [3.8, 4) is 0 Å². The van der Waals surface area contributed by atoms with Crippen molar-refractivity contribution in [3.63, 3.8) is 0 Å². The van der Waals surface area contributed by atoms with Gasteiger partial charge in [-0.2, -0.15) is 5.10 Å². The van der Waals surface area contributed by atoms with Crippen LogP contribution in [0.15, 0.2) is 41.1 Å². The molecule has 2 rings (SSSR count). The first-order chi connectivity index (χ1) is 8.75. The van der Waals surface area contributed by atoms with Gasteiger partial charge in [0.05, 0.1) is 6.54 Å². The highest BCUT2D eigenvalue weighted by Gasteiger charge is 1.99. The number of carbonyl (C=O) groups excluding carboxylic acids is 1. The molecule has 92 valence electrons. The van der Waals surface area contributed by atoms with Crippen molar-refractivity contribution in [1.29, 1.82) is 0 Å². The summed E-state index contributed by atoms with van der Waals surface area (Å²) in [6, 6.07) is 7.68. The number of nitrogens with zero attached hydrogens (tertiary/aromatic N) is 2. The van der Waals surface area contributed by atoms with Crippen molar-refractivity contribution in [2.75, 3.05) is 0 Å². The summed E-state index contributed by atoms with van der Waals surface area (Å²) in [6.07, 6.45) is 4.63. The van der Waals surface area contributed by atoms with Crippen LogP contribution in [0.4, 0.5) is 0 Å². The fourth-order valence-corrected chi connectivity index (χ4v) is 1.74. The minimum atomic E-state index is -0.179. The Kier molecular flexibility index (Phi) is 4.25. The molecule has 5 nitrogen and oxygen atoms in total. The number of amides is 1. The quantitative estimate of drug-likeness (QED) is 0.848. The predicted molar refractivity (Wildman–Crippen MR) is 71.4 cm³/mol. The third-order valence-corrected chi connectivity index (χ3v) is 2.94. The highest BCUT2D eigenvalue weighted by atomic mass is 79.9. The summed E-state index contributed by atoms with van der Waals surface area (Å²) in [5.41, 5.74) is 0.951. The molecule has 1 aromatic carbocycles. The topological polar surface area (TPSA) is 70.7 Å². The van der Waals surface area contributed by atoms with Crippen molar-refractivity contribution < 1.29 is 4.79 Å². The van der Waals surface area contributed by atoms with Crippen molar-refractivity contribution in [2.45, 2.75) is 6.54 Å². The Labute approximate surface area is 112 Å². The zero-order chi connectivity index (χ0) is 12.8. The lowest BCUT2D eigenvalue weighted by Gasteiger charge is -1.99. The van der Waals surface area contributed by atoms with Crippen LogP contribution in [-0.4, -0.2) is 21.1 Å². The fraction of sp³-hybridized carbons (Fsp3) is 0.0833. The molecule has 0 atom stereocenters. The van der Waals surface area contributed by atoms with Crippen LogP contribution in [0.25, 0.3) is 6.08 Å². The fourth-order valence-electron chi connectivity index (χ4n) is 1.32. The number of aromatic amines is 1. The van der Waals surface area contributed by atoms with Crippen LogP contribution in [0.2, 0.25) is 0 Å². The van der Waals surface area contributed by atoms with Crippen LogP contribution in [0.3, 0.4) is 0 Å². The van der Waals surface area contributed by atoms with Crippen molar-refractivity contribution >= 4 is 27.9 Å². The van der Waals surface area contributed by atoms with Crippen molar-refractivity contribution in [2.24, 2.45) is 0 Å². The Morgan fingerprint density at radius 2 is 2.28 bits per heavy atom. The predicted octanol–water partition coefficient (Wildman–Crippen LogP) is 1.90. The molecular weight excluding hydrogens is 296 g/mol. The van der Waals surface area contributed by atoms with Gasteiger partial charge in [-0.1, -0.05) is 34.1 Å². The van der Waals surface area contributed by atoms with E-state index < -0.39 is 0 Å². The van der Waals surface area contributed by atoms with E-state index in [9.17, 15) is 4.79 Å². The van der Waals surface area contributed by atoms with Gasteiger partial charge in [0.25, 0.3) is 0 Å². The van der Waals surface area contributed by atoms with Gasteiger partial charge in [-0.3, -0.25) is 9.89 Å². The SMILES string of the molecule is O=C(/C=C/c1ccccc1Br)NCc1ncn[nH]1. The average molecular weight is 307 g/mol. The summed E-state index contributed by atoms with van der Waals surface area (Å²) in [4.78, 5) is 15.5. The first-order valence-corrected chi connectivity index (χ1v) is 6.09. The zero-order valence-electron chi connectivity index (χ0n) is 9.43. The lowest BCUT2D eigenvalue weighted by atomic mass is 10.2. The summed E-state index contributed by atoms with van der Waals surface area (Å²) in [7, 11) is 0. The first kappa shape index (κ1) is 12.5. The lowest BCUT2D eigenvalue weighted by molar-refractivity contribution is -0.116. The van der Waals surface area contributed by atoms with Crippen LogP contribution >= 0.6 is 15.9 Å². The standard InChI is InChI=1S/C12H11BrN4O/c13-10-4-2-1-3-9(10)5-6-12(18)14-7-11-15-8-16-17-11/h1-6,8H,7H2,(H,14,18)(H,15,16,17)/b6-5+. The number of hydrogen-bond donors (Lipinski definition) is 2. The van der Waals surface area contributed by atoms with Gasteiger partial charge < -0.3 is 5.32 Å². The first-order valence-electron chi connectivity index (χ1n) is 5.30. The Balaban J connectivity index is 1.89. The van der Waals surface area contributed by atoms with Crippen LogP contribution in [0.1, 0.15) is 11.4 Å².